The summed E-state index contributed by atoms with van der Waals surface area (Å²) >= 11 is 0. The topological polar surface area (TPSA) is 96.6 Å². The van der Waals surface area contributed by atoms with Crippen molar-refractivity contribution in [2.24, 2.45) is 5.92 Å². The number of nitrogens with zero attached hydrogens (tertiary/aromatic N) is 3. The van der Waals surface area contributed by atoms with Gasteiger partial charge in [-0.2, -0.15) is 5.26 Å². The maximum Gasteiger partial charge on any atom is 0.411 e. The van der Waals surface area contributed by atoms with E-state index >= 15 is 0 Å². The fraction of sp³-hybridized carbons (Fsp3) is 0.452. The number of ether oxygens (including phenoxy) is 2. The van der Waals surface area contributed by atoms with Crippen LogP contribution in [0.25, 0.3) is 22.2 Å². The highest BCUT2D eigenvalue weighted by Gasteiger charge is 2.31. The highest BCUT2D eigenvalue weighted by atomic mass is 16.6. The van der Waals surface area contributed by atoms with Crippen molar-refractivity contribution in [1.29, 1.82) is 5.26 Å². The zero-order valence-electron chi connectivity index (χ0n) is 22.3. The first-order chi connectivity index (χ1) is 19.0. The Morgan fingerprint density at radius 3 is 2.56 bits per heavy atom. The number of benzene rings is 2. The van der Waals surface area contributed by atoms with E-state index in [2.05, 4.69) is 16.0 Å². The van der Waals surface area contributed by atoms with Gasteiger partial charge in [0, 0.05) is 36.1 Å². The van der Waals surface area contributed by atoms with Crippen LogP contribution < -0.4 is 10.1 Å². The maximum absolute atomic E-state index is 12.3. The second-order valence-electron chi connectivity index (χ2n) is 11.0. The van der Waals surface area contributed by atoms with Gasteiger partial charge in [0.1, 0.15) is 24.5 Å². The van der Waals surface area contributed by atoms with Gasteiger partial charge in [-0.05, 0) is 81.2 Å². The number of nitrogens with one attached hydrogen (secondary N) is 1. The van der Waals surface area contributed by atoms with Crippen molar-refractivity contribution in [3.63, 3.8) is 0 Å². The van der Waals surface area contributed by atoms with Crippen molar-refractivity contribution in [2.75, 3.05) is 25.0 Å². The third-order valence-electron chi connectivity index (χ3n) is 8.31. The highest BCUT2D eigenvalue weighted by Crippen LogP contribution is 2.43. The van der Waals surface area contributed by atoms with Crippen LogP contribution in [0.5, 0.6) is 5.75 Å². The van der Waals surface area contributed by atoms with Crippen molar-refractivity contribution in [2.45, 2.75) is 64.0 Å². The normalized spacial score (nSPS) is 18.1. The van der Waals surface area contributed by atoms with Crippen LogP contribution in [0.15, 0.2) is 42.5 Å². The lowest BCUT2D eigenvalue weighted by molar-refractivity contribution is -0.128. The summed E-state index contributed by atoms with van der Waals surface area (Å²) < 4.78 is 13.8. The number of hydrogen-bond donors (Lipinski definition) is 1. The van der Waals surface area contributed by atoms with Gasteiger partial charge in [-0.15, -0.1) is 0 Å². The monoisotopic (exact) mass is 526 g/mol. The molecule has 3 fully saturated rings. The number of rotatable bonds is 9. The predicted molar refractivity (Wildman–Crippen MR) is 149 cm³/mol. The van der Waals surface area contributed by atoms with Crippen LogP contribution in [0, 0.1) is 17.2 Å². The number of hydrogen-bond acceptors (Lipinski definition) is 5. The quantitative estimate of drug-likeness (QED) is 0.355. The SMILES string of the molecule is C[C@@H](OC(=O)Nc1ccc(-c2c(C#N)c3ccc(OCCN4CCCC4=O)cc3n2C2CCC2)cc1)C1CC1. The Morgan fingerprint density at radius 1 is 1.13 bits per heavy atom. The Bertz CT molecular complexity index is 1430. The minimum absolute atomic E-state index is 0.0720. The standard InChI is InChI=1S/C31H34N4O4/c1-20(21-7-8-21)39-31(37)33-23-11-9-22(10-12-23)30-27(19-32)26-14-13-25(18-28(26)35(30)24-4-2-5-24)38-17-16-34-15-3-6-29(34)36/h9-14,18,20-21,24H,2-8,15-17H2,1H3,(H,33,37)/t20-/m1/s1. The third kappa shape index (κ3) is 5.18. The smallest absolute Gasteiger partial charge is 0.411 e. The largest absolute Gasteiger partial charge is 0.492 e. The van der Waals surface area contributed by atoms with Crippen molar-refractivity contribution >= 4 is 28.6 Å². The van der Waals surface area contributed by atoms with E-state index in [-0.39, 0.29) is 12.0 Å². The van der Waals surface area contributed by atoms with Crippen LogP contribution in [0.4, 0.5) is 10.5 Å². The summed E-state index contributed by atoms with van der Waals surface area (Å²) in [5.74, 6) is 1.42. The fourth-order valence-electron chi connectivity index (χ4n) is 5.70. The molecule has 1 N–H and O–H groups in total. The molecule has 8 nitrogen and oxygen atoms in total. The number of fused-ring (bicyclic) bond motifs is 1. The molecule has 2 aliphatic carbocycles. The summed E-state index contributed by atoms with van der Waals surface area (Å²) in [5.41, 5.74) is 4.11. The van der Waals surface area contributed by atoms with Crippen LogP contribution in [0.2, 0.25) is 0 Å². The molecule has 1 aliphatic heterocycles. The Hall–Kier alpha value is -3.99. The van der Waals surface area contributed by atoms with Crippen LogP contribution in [0.3, 0.4) is 0 Å². The van der Waals surface area contributed by atoms with E-state index in [0.29, 0.717) is 42.8 Å². The molecule has 202 valence electrons. The number of likely N-dealkylation sites (tertiary alicyclic amines) is 1. The molecule has 0 radical (unpaired) electrons. The summed E-state index contributed by atoms with van der Waals surface area (Å²) in [6.07, 6.45) is 6.56. The van der Waals surface area contributed by atoms with E-state index in [4.69, 9.17) is 9.47 Å². The molecule has 1 saturated heterocycles. The summed E-state index contributed by atoms with van der Waals surface area (Å²) in [7, 11) is 0. The first kappa shape index (κ1) is 25.3. The molecule has 39 heavy (non-hydrogen) atoms. The Morgan fingerprint density at radius 2 is 1.92 bits per heavy atom. The van der Waals surface area contributed by atoms with Gasteiger partial charge < -0.3 is 18.9 Å². The molecule has 2 aromatic carbocycles. The molecule has 0 unspecified atom stereocenters. The molecule has 8 heteroatoms. The van der Waals surface area contributed by atoms with Crippen LogP contribution in [-0.4, -0.2) is 47.3 Å². The first-order valence-electron chi connectivity index (χ1n) is 14.1. The maximum atomic E-state index is 12.3. The lowest BCUT2D eigenvalue weighted by Crippen LogP contribution is -2.29. The van der Waals surface area contributed by atoms with Gasteiger partial charge in [0.2, 0.25) is 5.91 Å². The fourth-order valence-corrected chi connectivity index (χ4v) is 5.70. The van der Waals surface area contributed by atoms with Gasteiger partial charge in [0.05, 0.1) is 23.3 Å². The Balaban J connectivity index is 1.25. The molecule has 0 spiro atoms. The highest BCUT2D eigenvalue weighted by molar-refractivity contribution is 5.96. The number of anilines is 1. The van der Waals surface area contributed by atoms with Crippen LogP contribution in [-0.2, 0) is 9.53 Å². The van der Waals surface area contributed by atoms with Gasteiger partial charge in [0.15, 0.2) is 0 Å². The Kier molecular flexibility index (Phi) is 6.90. The molecule has 0 bridgehead atoms. The molecular formula is C31H34N4O4. The lowest BCUT2D eigenvalue weighted by atomic mass is 9.92. The number of aromatic nitrogens is 1. The minimum atomic E-state index is -0.440. The van der Waals surface area contributed by atoms with Crippen LogP contribution in [0.1, 0.15) is 63.5 Å². The minimum Gasteiger partial charge on any atom is -0.492 e. The van der Waals surface area contributed by atoms with Gasteiger partial charge in [-0.1, -0.05) is 12.1 Å². The zero-order valence-corrected chi connectivity index (χ0v) is 22.3. The van der Waals surface area contributed by atoms with E-state index in [0.717, 1.165) is 73.0 Å². The summed E-state index contributed by atoms with van der Waals surface area (Å²) in [6, 6.07) is 16.3. The van der Waals surface area contributed by atoms with Crippen LogP contribution >= 0.6 is 0 Å². The number of carbonyl (C=O) groups excluding carboxylic acids is 2. The van der Waals surface area contributed by atoms with E-state index < -0.39 is 6.09 Å². The van der Waals surface area contributed by atoms with Crippen molar-refractivity contribution in [3.05, 3.63) is 48.0 Å². The summed E-state index contributed by atoms with van der Waals surface area (Å²) in [4.78, 5) is 26.1. The molecule has 2 heterocycles. The van der Waals surface area contributed by atoms with E-state index in [9.17, 15) is 14.9 Å². The average Bonchev–Trinajstić information content (AvgIpc) is 3.61. The van der Waals surface area contributed by atoms with Gasteiger partial charge >= 0.3 is 6.09 Å². The molecule has 2 saturated carbocycles. The van der Waals surface area contributed by atoms with E-state index in [1.165, 1.54) is 0 Å². The number of amides is 2. The van der Waals surface area contributed by atoms with Crippen molar-refractivity contribution < 1.29 is 19.1 Å². The van der Waals surface area contributed by atoms with E-state index in [1.54, 1.807) is 0 Å². The molecule has 1 atom stereocenters. The Labute approximate surface area is 228 Å². The second-order valence-corrected chi connectivity index (χ2v) is 11.0. The molecule has 3 aromatic rings. The molecular weight excluding hydrogens is 492 g/mol. The predicted octanol–water partition coefficient (Wildman–Crippen LogP) is 6.25. The molecule has 6 rings (SSSR count). The molecule has 2 amide bonds. The zero-order chi connectivity index (χ0) is 26.9. The van der Waals surface area contributed by atoms with Crippen molar-refractivity contribution in [3.8, 4) is 23.1 Å². The first-order valence-corrected chi connectivity index (χ1v) is 14.1. The molecule has 1 aromatic heterocycles. The van der Waals surface area contributed by atoms with E-state index in [1.807, 2.05) is 54.3 Å². The summed E-state index contributed by atoms with van der Waals surface area (Å²) in [6.45, 7) is 3.77. The second kappa shape index (κ2) is 10.6. The molecule has 3 aliphatic rings. The lowest BCUT2D eigenvalue weighted by Gasteiger charge is -2.30. The number of carbonyl (C=O) groups is 2. The average molecular weight is 527 g/mol. The van der Waals surface area contributed by atoms with Crippen molar-refractivity contribution in [1.82, 2.24) is 9.47 Å². The number of nitriles is 1. The third-order valence-corrected chi connectivity index (χ3v) is 8.31. The summed E-state index contributed by atoms with van der Waals surface area (Å²) in [5, 5.41) is 14.0. The van der Waals surface area contributed by atoms with Gasteiger partial charge in [-0.25, -0.2) is 4.79 Å². The van der Waals surface area contributed by atoms with Gasteiger partial charge in [-0.3, -0.25) is 10.1 Å². The van der Waals surface area contributed by atoms with Gasteiger partial charge in [0.25, 0.3) is 0 Å².